The van der Waals surface area contributed by atoms with Crippen molar-refractivity contribution in [3.8, 4) is 0 Å². The molecule has 7 nitrogen and oxygen atoms in total. The number of hydrogen-bond acceptors (Lipinski definition) is 3. The van der Waals surface area contributed by atoms with Crippen molar-refractivity contribution in [2.24, 2.45) is 5.73 Å². The largest absolute Gasteiger partial charge is 0.480 e. The fourth-order valence-electron chi connectivity index (χ4n) is 1.32. The van der Waals surface area contributed by atoms with E-state index in [2.05, 4.69) is 0 Å². The Balaban J connectivity index is 2.73. The summed E-state index contributed by atoms with van der Waals surface area (Å²) in [6.07, 6.45) is -0.631. The number of primary amides is 1. The second kappa shape index (κ2) is 6.45. The molecule has 1 unspecified atom stereocenters. The zero-order valence-corrected chi connectivity index (χ0v) is 10.0. The second-order valence-electron chi connectivity index (χ2n) is 3.76. The maximum atomic E-state index is 13.3. The Hall–Kier alpha value is -2.71. The van der Waals surface area contributed by atoms with E-state index in [1.807, 2.05) is 10.6 Å². The van der Waals surface area contributed by atoms with E-state index >= 15 is 0 Å². The van der Waals surface area contributed by atoms with Crippen molar-refractivity contribution in [3.63, 3.8) is 0 Å². The predicted molar refractivity (Wildman–Crippen MR) is 63.7 cm³/mol. The number of urea groups is 1. The van der Waals surface area contributed by atoms with Crippen LogP contribution in [0.15, 0.2) is 18.2 Å². The average molecular weight is 287 g/mol. The molecular formula is C11H11F2N3O4. The Bertz CT molecular complexity index is 550. The number of aliphatic carboxylic acids is 1. The molecule has 0 bridgehead atoms. The zero-order valence-electron chi connectivity index (χ0n) is 10.0. The lowest BCUT2D eigenvalue weighted by atomic mass is 10.2. The highest BCUT2D eigenvalue weighted by atomic mass is 19.2. The Morgan fingerprint density at radius 3 is 2.50 bits per heavy atom. The molecule has 0 fully saturated rings. The molecule has 1 rings (SSSR count). The third-order valence-corrected chi connectivity index (χ3v) is 2.21. The smallest absolute Gasteiger partial charge is 0.326 e. The molecule has 0 heterocycles. The number of nitrogens with one attached hydrogen (secondary N) is 2. The number of carbonyl (C=O) groups excluding carboxylic acids is 2. The molecule has 0 aromatic heterocycles. The normalized spacial score (nSPS) is 11.5. The number of carboxylic acids is 1. The number of halogens is 2. The van der Waals surface area contributed by atoms with Crippen LogP contribution in [0.4, 0.5) is 19.3 Å². The molecule has 0 spiro atoms. The zero-order chi connectivity index (χ0) is 15.3. The molecule has 9 heteroatoms. The first kappa shape index (κ1) is 15.3. The number of carboxylic acid groups (broad SMARTS) is 1. The maximum absolute atomic E-state index is 13.3. The van der Waals surface area contributed by atoms with Gasteiger partial charge in [0.25, 0.3) is 0 Å². The van der Waals surface area contributed by atoms with Crippen LogP contribution in [0.2, 0.25) is 0 Å². The molecule has 1 aromatic rings. The number of amides is 3. The molecule has 1 atom stereocenters. The van der Waals surface area contributed by atoms with Crippen molar-refractivity contribution < 1.29 is 28.3 Å². The molecule has 0 saturated carbocycles. The van der Waals surface area contributed by atoms with Gasteiger partial charge in [0.1, 0.15) is 6.04 Å². The SMILES string of the molecule is NC(=O)CC(NC(=O)Nc1cccc(F)c1F)C(=O)O. The van der Waals surface area contributed by atoms with Crippen LogP contribution in [0.3, 0.4) is 0 Å². The second-order valence-corrected chi connectivity index (χ2v) is 3.76. The number of nitrogens with two attached hydrogens (primary N) is 1. The first-order valence-corrected chi connectivity index (χ1v) is 5.34. The molecule has 0 radical (unpaired) electrons. The van der Waals surface area contributed by atoms with Crippen LogP contribution >= 0.6 is 0 Å². The number of hydrogen-bond donors (Lipinski definition) is 4. The number of rotatable bonds is 5. The van der Waals surface area contributed by atoms with Crippen LogP contribution in [0.25, 0.3) is 0 Å². The summed E-state index contributed by atoms with van der Waals surface area (Å²) in [5.41, 5.74) is 4.35. The summed E-state index contributed by atoms with van der Waals surface area (Å²) in [5.74, 6) is -4.88. The van der Waals surface area contributed by atoms with Crippen LogP contribution < -0.4 is 16.4 Å². The molecule has 0 aliphatic heterocycles. The third kappa shape index (κ3) is 4.19. The van der Waals surface area contributed by atoms with E-state index < -0.39 is 47.7 Å². The Morgan fingerprint density at radius 1 is 1.30 bits per heavy atom. The quantitative estimate of drug-likeness (QED) is 0.626. The van der Waals surface area contributed by atoms with Gasteiger partial charge >= 0.3 is 12.0 Å². The lowest BCUT2D eigenvalue weighted by Crippen LogP contribution is -2.45. The van der Waals surface area contributed by atoms with Crippen molar-refractivity contribution in [3.05, 3.63) is 29.8 Å². The average Bonchev–Trinajstić information content (AvgIpc) is 2.33. The van der Waals surface area contributed by atoms with Gasteiger partial charge in [0.05, 0.1) is 12.1 Å². The fraction of sp³-hybridized carbons (Fsp3) is 0.182. The molecule has 0 saturated heterocycles. The summed E-state index contributed by atoms with van der Waals surface area (Å²) in [6.45, 7) is 0. The van der Waals surface area contributed by atoms with Crippen LogP contribution in [0.5, 0.6) is 0 Å². The highest BCUT2D eigenvalue weighted by Crippen LogP contribution is 2.16. The van der Waals surface area contributed by atoms with Gasteiger partial charge in [-0.15, -0.1) is 0 Å². The fourth-order valence-corrected chi connectivity index (χ4v) is 1.32. The van der Waals surface area contributed by atoms with Gasteiger partial charge < -0.3 is 21.5 Å². The van der Waals surface area contributed by atoms with Crippen molar-refractivity contribution >= 4 is 23.6 Å². The van der Waals surface area contributed by atoms with Gasteiger partial charge in [-0.2, -0.15) is 0 Å². The predicted octanol–water partition coefficient (Wildman–Crippen LogP) is 0.415. The number of benzene rings is 1. The van der Waals surface area contributed by atoms with E-state index in [4.69, 9.17) is 10.8 Å². The summed E-state index contributed by atoms with van der Waals surface area (Å²) in [4.78, 5) is 32.8. The minimum absolute atomic E-state index is 0.467. The standard InChI is InChI=1S/C11H11F2N3O4/c12-5-2-1-3-6(9(5)13)15-11(20)16-7(10(18)19)4-8(14)17/h1-3,7H,4H2,(H2,14,17)(H,18,19)(H2,15,16,20). The van der Waals surface area contributed by atoms with Gasteiger partial charge in [-0.3, -0.25) is 4.79 Å². The van der Waals surface area contributed by atoms with Crippen molar-refractivity contribution in [1.29, 1.82) is 0 Å². The van der Waals surface area contributed by atoms with Crippen molar-refractivity contribution in [2.45, 2.75) is 12.5 Å². The summed E-state index contributed by atoms with van der Waals surface area (Å²) in [6, 6.07) is 0.423. The lowest BCUT2D eigenvalue weighted by molar-refractivity contribution is -0.140. The molecule has 5 N–H and O–H groups in total. The van der Waals surface area contributed by atoms with E-state index in [1.165, 1.54) is 0 Å². The van der Waals surface area contributed by atoms with Crippen molar-refractivity contribution in [2.75, 3.05) is 5.32 Å². The topological polar surface area (TPSA) is 122 Å². The Morgan fingerprint density at radius 2 is 1.95 bits per heavy atom. The van der Waals surface area contributed by atoms with Crippen LogP contribution in [0, 0.1) is 11.6 Å². The van der Waals surface area contributed by atoms with Gasteiger partial charge in [0.15, 0.2) is 11.6 Å². The number of anilines is 1. The molecule has 3 amide bonds. The molecule has 108 valence electrons. The summed E-state index contributed by atoms with van der Waals surface area (Å²) < 4.78 is 26.2. The Labute approximate surface area is 111 Å². The van der Waals surface area contributed by atoms with Gasteiger partial charge in [-0.05, 0) is 12.1 Å². The number of carbonyl (C=O) groups is 3. The third-order valence-electron chi connectivity index (χ3n) is 2.21. The van der Waals surface area contributed by atoms with E-state index in [-0.39, 0.29) is 0 Å². The highest BCUT2D eigenvalue weighted by Gasteiger charge is 2.22. The molecule has 20 heavy (non-hydrogen) atoms. The van der Waals surface area contributed by atoms with Gasteiger partial charge in [-0.25, -0.2) is 18.4 Å². The van der Waals surface area contributed by atoms with Crippen molar-refractivity contribution in [1.82, 2.24) is 5.32 Å². The summed E-state index contributed by atoms with van der Waals surface area (Å²) in [5, 5.41) is 12.6. The first-order valence-electron chi connectivity index (χ1n) is 5.34. The molecule has 1 aromatic carbocycles. The first-order chi connectivity index (χ1) is 9.31. The van der Waals surface area contributed by atoms with E-state index in [1.54, 1.807) is 0 Å². The van der Waals surface area contributed by atoms with Crippen LogP contribution in [-0.4, -0.2) is 29.1 Å². The minimum Gasteiger partial charge on any atom is -0.480 e. The monoisotopic (exact) mass is 287 g/mol. The van der Waals surface area contributed by atoms with Gasteiger partial charge in [0.2, 0.25) is 5.91 Å². The lowest BCUT2D eigenvalue weighted by Gasteiger charge is -2.14. The summed E-state index contributed by atoms with van der Waals surface area (Å²) >= 11 is 0. The molecule has 0 aliphatic carbocycles. The molecule has 0 aliphatic rings. The van der Waals surface area contributed by atoms with Gasteiger partial charge in [-0.1, -0.05) is 6.07 Å². The minimum atomic E-state index is -1.57. The van der Waals surface area contributed by atoms with Gasteiger partial charge in [0, 0.05) is 0 Å². The van der Waals surface area contributed by atoms with Crippen LogP contribution in [0.1, 0.15) is 6.42 Å². The summed E-state index contributed by atoms with van der Waals surface area (Å²) in [7, 11) is 0. The van der Waals surface area contributed by atoms with E-state index in [0.29, 0.717) is 0 Å². The van der Waals surface area contributed by atoms with E-state index in [9.17, 15) is 23.2 Å². The maximum Gasteiger partial charge on any atom is 0.326 e. The van der Waals surface area contributed by atoms with E-state index in [0.717, 1.165) is 18.2 Å². The van der Waals surface area contributed by atoms with Crippen LogP contribution in [-0.2, 0) is 9.59 Å². The highest BCUT2D eigenvalue weighted by molar-refractivity contribution is 5.93. The Kier molecular flexibility index (Phi) is 4.95. The molecular weight excluding hydrogens is 276 g/mol.